The molecule has 0 aliphatic heterocycles. The maximum Gasteiger partial charge on any atom is 0.411 e. The van der Waals surface area contributed by atoms with E-state index in [9.17, 15) is 13.2 Å². The molecule has 0 spiro atoms. The van der Waals surface area contributed by atoms with E-state index in [0.717, 1.165) is 12.8 Å². The van der Waals surface area contributed by atoms with Crippen molar-refractivity contribution in [1.29, 1.82) is 0 Å². The van der Waals surface area contributed by atoms with Crippen molar-refractivity contribution in [3.8, 4) is 0 Å². The summed E-state index contributed by atoms with van der Waals surface area (Å²) >= 11 is 0. The molecule has 0 aliphatic rings. The molecule has 14 heavy (non-hydrogen) atoms. The van der Waals surface area contributed by atoms with Crippen molar-refractivity contribution in [2.75, 3.05) is 19.8 Å². The molecule has 0 heterocycles. The molecular weight excluding hydrogens is 197 g/mol. The Kier molecular flexibility index (Phi) is 6.92. The van der Waals surface area contributed by atoms with Crippen LogP contribution in [0.4, 0.5) is 13.2 Å². The first kappa shape index (κ1) is 13.7. The van der Waals surface area contributed by atoms with E-state index in [4.69, 9.17) is 5.11 Å². The molecule has 86 valence electrons. The summed E-state index contributed by atoms with van der Waals surface area (Å²) in [6, 6.07) is 0. The van der Waals surface area contributed by atoms with E-state index < -0.39 is 12.8 Å². The third-order valence-electron chi connectivity index (χ3n) is 1.81. The monoisotopic (exact) mass is 214 g/mol. The maximum absolute atomic E-state index is 11.6. The standard InChI is InChI=1S/C9H17F3O2/c1-8(6-13)4-2-3-5-14-7-9(10,11)12/h8,13H,2-7H2,1H3. The van der Waals surface area contributed by atoms with E-state index in [0.29, 0.717) is 6.42 Å². The van der Waals surface area contributed by atoms with Crippen LogP contribution in [0.2, 0.25) is 0 Å². The van der Waals surface area contributed by atoms with Gasteiger partial charge in [-0.1, -0.05) is 13.3 Å². The van der Waals surface area contributed by atoms with Crippen molar-refractivity contribution in [3.05, 3.63) is 0 Å². The highest BCUT2D eigenvalue weighted by atomic mass is 19.4. The Balaban J connectivity index is 3.14. The molecule has 0 fully saturated rings. The first-order valence-electron chi connectivity index (χ1n) is 4.71. The van der Waals surface area contributed by atoms with E-state index in [2.05, 4.69) is 4.74 Å². The van der Waals surface area contributed by atoms with Gasteiger partial charge in [0.25, 0.3) is 0 Å². The highest BCUT2D eigenvalue weighted by molar-refractivity contribution is 4.51. The second kappa shape index (κ2) is 7.06. The van der Waals surface area contributed by atoms with Gasteiger partial charge in [-0.25, -0.2) is 0 Å². The average Bonchev–Trinajstić information content (AvgIpc) is 2.08. The molecular formula is C9H17F3O2. The fraction of sp³-hybridized carbons (Fsp3) is 1.00. The summed E-state index contributed by atoms with van der Waals surface area (Å²) < 4.78 is 39.2. The number of halogens is 3. The number of hydrogen-bond donors (Lipinski definition) is 1. The van der Waals surface area contributed by atoms with Crippen LogP contribution in [0.15, 0.2) is 0 Å². The van der Waals surface area contributed by atoms with Crippen LogP contribution in [0, 0.1) is 5.92 Å². The lowest BCUT2D eigenvalue weighted by Gasteiger charge is -2.09. The quantitative estimate of drug-likeness (QED) is 0.659. The lowest BCUT2D eigenvalue weighted by atomic mass is 10.1. The second-order valence-corrected chi connectivity index (χ2v) is 3.45. The molecule has 5 heteroatoms. The number of ether oxygens (including phenoxy) is 1. The van der Waals surface area contributed by atoms with Gasteiger partial charge in [-0.2, -0.15) is 13.2 Å². The topological polar surface area (TPSA) is 29.5 Å². The minimum absolute atomic E-state index is 0.128. The predicted molar refractivity (Wildman–Crippen MR) is 47.0 cm³/mol. The van der Waals surface area contributed by atoms with E-state index in [1.807, 2.05) is 6.92 Å². The number of unbranched alkanes of at least 4 members (excludes halogenated alkanes) is 1. The van der Waals surface area contributed by atoms with Gasteiger partial charge in [0.1, 0.15) is 6.61 Å². The van der Waals surface area contributed by atoms with Gasteiger partial charge in [-0.15, -0.1) is 0 Å². The van der Waals surface area contributed by atoms with Crippen LogP contribution in [0.25, 0.3) is 0 Å². The summed E-state index contributed by atoms with van der Waals surface area (Å²) in [5, 5.41) is 8.66. The van der Waals surface area contributed by atoms with Crippen LogP contribution in [0.5, 0.6) is 0 Å². The first-order valence-corrected chi connectivity index (χ1v) is 4.71. The number of aliphatic hydroxyl groups is 1. The Morgan fingerprint density at radius 3 is 2.43 bits per heavy atom. The van der Waals surface area contributed by atoms with Crippen molar-refractivity contribution < 1.29 is 23.0 Å². The van der Waals surface area contributed by atoms with Gasteiger partial charge in [-0.05, 0) is 18.8 Å². The third kappa shape index (κ3) is 9.80. The molecule has 0 rings (SSSR count). The number of hydrogen-bond acceptors (Lipinski definition) is 2. The molecule has 0 amide bonds. The van der Waals surface area contributed by atoms with Crippen LogP contribution in [-0.2, 0) is 4.74 Å². The molecule has 1 unspecified atom stereocenters. The zero-order valence-electron chi connectivity index (χ0n) is 8.31. The third-order valence-corrected chi connectivity index (χ3v) is 1.81. The Bertz CT molecular complexity index is 137. The van der Waals surface area contributed by atoms with Crippen LogP contribution >= 0.6 is 0 Å². The van der Waals surface area contributed by atoms with Gasteiger partial charge in [0.15, 0.2) is 0 Å². The summed E-state index contributed by atoms with van der Waals surface area (Å²) in [4.78, 5) is 0. The largest absolute Gasteiger partial charge is 0.411 e. The summed E-state index contributed by atoms with van der Waals surface area (Å²) in [6.45, 7) is 1.00. The molecule has 0 radical (unpaired) electrons. The fourth-order valence-corrected chi connectivity index (χ4v) is 0.976. The summed E-state index contributed by atoms with van der Waals surface area (Å²) in [5.41, 5.74) is 0. The van der Waals surface area contributed by atoms with Crippen molar-refractivity contribution in [1.82, 2.24) is 0 Å². The van der Waals surface area contributed by atoms with E-state index >= 15 is 0 Å². The molecule has 0 bridgehead atoms. The minimum atomic E-state index is -4.22. The summed E-state index contributed by atoms with van der Waals surface area (Å²) in [5.74, 6) is 0.220. The molecule has 0 aromatic carbocycles. The molecule has 0 aliphatic carbocycles. The molecule has 0 saturated carbocycles. The maximum atomic E-state index is 11.6. The van der Waals surface area contributed by atoms with E-state index in [1.165, 1.54) is 0 Å². The van der Waals surface area contributed by atoms with Gasteiger partial charge >= 0.3 is 6.18 Å². The summed E-state index contributed by atoms with van der Waals surface area (Å²) in [6.07, 6.45) is -2.00. The minimum Gasteiger partial charge on any atom is -0.396 e. The van der Waals surface area contributed by atoms with Gasteiger partial charge in [0, 0.05) is 13.2 Å². The van der Waals surface area contributed by atoms with Crippen molar-refractivity contribution in [3.63, 3.8) is 0 Å². The summed E-state index contributed by atoms with van der Waals surface area (Å²) in [7, 11) is 0. The highest BCUT2D eigenvalue weighted by Gasteiger charge is 2.27. The average molecular weight is 214 g/mol. The highest BCUT2D eigenvalue weighted by Crippen LogP contribution is 2.15. The van der Waals surface area contributed by atoms with Crippen LogP contribution in [0.1, 0.15) is 26.2 Å². The first-order chi connectivity index (χ1) is 6.45. The lowest BCUT2D eigenvalue weighted by Crippen LogP contribution is -2.17. The van der Waals surface area contributed by atoms with Gasteiger partial charge < -0.3 is 9.84 Å². The molecule has 0 aromatic rings. The van der Waals surface area contributed by atoms with Gasteiger partial charge in [0.2, 0.25) is 0 Å². The number of rotatable bonds is 7. The second-order valence-electron chi connectivity index (χ2n) is 3.45. The molecule has 0 aromatic heterocycles. The van der Waals surface area contributed by atoms with Crippen LogP contribution in [-0.4, -0.2) is 31.1 Å². The van der Waals surface area contributed by atoms with Crippen molar-refractivity contribution in [2.24, 2.45) is 5.92 Å². The Labute approximate surface area is 82.1 Å². The van der Waals surface area contributed by atoms with Crippen LogP contribution in [0.3, 0.4) is 0 Å². The normalized spacial score (nSPS) is 14.4. The smallest absolute Gasteiger partial charge is 0.396 e. The SMILES string of the molecule is CC(CO)CCCCOCC(F)(F)F. The molecule has 0 saturated heterocycles. The van der Waals surface area contributed by atoms with Crippen LogP contribution < -0.4 is 0 Å². The molecule has 1 atom stereocenters. The predicted octanol–water partition coefficient (Wildman–Crippen LogP) is 2.36. The number of aliphatic hydroxyl groups excluding tert-OH is 1. The van der Waals surface area contributed by atoms with E-state index in [-0.39, 0.29) is 19.1 Å². The molecule has 1 N–H and O–H groups in total. The number of alkyl halides is 3. The van der Waals surface area contributed by atoms with Crippen molar-refractivity contribution in [2.45, 2.75) is 32.4 Å². The zero-order chi connectivity index (χ0) is 11.0. The van der Waals surface area contributed by atoms with Gasteiger partial charge in [0.05, 0.1) is 0 Å². The van der Waals surface area contributed by atoms with E-state index in [1.54, 1.807) is 0 Å². The Morgan fingerprint density at radius 1 is 1.29 bits per heavy atom. The Morgan fingerprint density at radius 2 is 1.93 bits per heavy atom. The Hall–Kier alpha value is -0.290. The fourth-order valence-electron chi connectivity index (χ4n) is 0.976. The zero-order valence-corrected chi connectivity index (χ0v) is 8.31. The van der Waals surface area contributed by atoms with Gasteiger partial charge in [-0.3, -0.25) is 0 Å². The molecule has 2 nitrogen and oxygen atoms in total. The lowest BCUT2D eigenvalue weighted by molar-refractivity contribution is -0.174. The van der Waals surface area contributed by atoms with Crippen molar-refractivity contribution >= 4 is 0 Å².